The predicted octanol–water partition coefficient (Wildman–Crippen LogP) is 5.21. The lowest BCUT2D eigenvalue weighted by Gasteiger charge is -2.32. The van der Waals surface area contributed by atoms with Gasteiger partial charge in [-0.3, -0.25) is 9.78 Å². The molecule has 2 aromatic rings. The van der Waals surface area contributed by atoms with Gasteiger partial charge in [-0.25, -0.2) is 4.39 Å². The van der Waals surface area contributed by atoms with E-state index in [1.54, 1.807) is 19.2 Å². The largest absolute Gasteiger partial charge is 0.381 e. The van der Waals surface area contributed by atoms with Crippen LogP contribution >= 0.6 is 22.6 Å². The zero-order valence-corrected chi connectivity index (χ0v) is 16.8. The number of pyridine rings is 1. The maximum absolute atomic E-state index is 15.2. The highest BCUT2D eigenvalue weighted by atomic mass is 127. The number of nitrogens with zero attached hydrogens (tertiary/aromatic N) is 1. The van der Waals surface area contributed by atoms with Gasteiger partial charge in [-0.1, -0.05) is 29.5 Å². The van der Waals surface area contributed by atoms with Crippen LogP contribution in [0.1, 0.15) is 54.2 Å². The van der Waals surface area contributed by atoms with E-state index in [4.69, 9.17) is 4.74 Å². The van der Waals surface area contributed by atoms with E-state index in [1.165, 1.54) is 5.56 Å². The maximum atomic E-state index is 15.2. The molecule has 3 nitrogen and oxygen atoms in total. The number of rotatable bonds is 5. The Morgan fingerprint density at radius 1 is 1.36 bits per heavy atom. The topological polar surface area (TPSA) is 39.2 Å². The van der Waals surface area contributed by atoms with E-state index in [0.29, 0.717) is 18.4 Å². The van der Waals surface area contributed by atoms with Crippen molar-refractivity contribution in [1.82, 2.24) is 4.98 Å². The molecule has 0 N–H and O–H groups in total. The normalized spacial score (nSPS) is 23.8. The molecule has 0 aliphatic heterocycles. The van der Waals surface area contributed by atoms with E-state index in [2.05, 4.69) is 40.6 Å². The molecular weight excluding hydrogens is 432 g/mol. The quantitative estimate of drug-likeness (QED) is 0.353. The Hall–Kier alpha value is -1.08. The van der Waals surface area contributed by atoms with Gasteiger partial charge in [0.15, 0.2) is 11.5 Å². The molecule has 5 heteroatoms. The van der Waals surface area contributed by atoms with Gasteiger partial charge in [-0.15, -0.1) is 0 Å². The second-order valence-electron chi connectivity index (χ2n) is 6.72. The zero-order valence-electron chi connectivity index (χ0n) is 14.6. The molecule has 0 unspecified atom stereocenters. The average molecular weight is 455 g/mol. The Morgan fingerprint density at radius 3 is 2.68 bits per heavy atom. The van der Waals surface area contributed by atoms with Gasteiger partial charge in [0.25, 0.3) is 0 Å². The third-order valence-electron chi connectivity index (χ3n) is 5.22. The first-order valence-electron chi connectivity index (χ1n) is 8.75. The molecule has 1 aromatic heterocycles. The molecule has 0 bridgehead atoms. The molecule has 25 heavy (non-hydrogen) atoms. The highest BCUT2D eigenvalue weighted by molar-refractivity contribution is 14.1. The summed E-state index contributed by atoms with van der Waals surface area (Å²) in [4.78, 5) is 17.5. The molecule has 1 saturated carbocycles. The van der Waals surface area contributed by atoms with Crippen molar-refractivity contribution in [2.45, 2.75) is 55.2 Å². The van der Waals surface area contributed by atoms with Crippen molar-refractivity contribution >= 4 is 39.3 Å². The summed E-state index contributed by atoms with van der Waals surface area (Å²) in [6, 6.07) is 7.43. The van der Waals surface area contributed by atoms with E-state index in [-0.39, 0.29) is 18.9 Å². The number of carbonyl (C=O) groups is 1. The smallest absolute Gasteiger partial charge is 0.199 e. The summed E-state index contributed by atoms with van der Waals surface area (Å²) >= 11 is 2.31. The molecule has 1 heterocycles. The fourth-order valence-corrected chi connectivity index (χ4v) is 4.25. The van der Waals surface area contributed by atoms with Gasteiger partial charge < -0.3 is 4.74 Å². The number of halogens is 2. The summed E-state index contributed by atoms with van der Waals surface area (Å²) < 4.78 is 21.3. The molecule has 1 fully saturated rings. The third kappa shape index (κ3) is 3.72. The number of alkyl halides is 2. The Labute approximate surface area is 161 Å². The fraction of sp³-hybridized carbons (Fsp3) is 0.500. The van der Waals surface area contributed by atoms with Crippen LogP contribution in [0, 0.1) is 0 Å². The van der Waals surface area contributed by atoms with E-state index in [1.807, 2.05) is 6.07 Å². The Bertz CT molecular complexity index is 785. The number of methoxy groups -OCH3 is 1. The van der Waals surface area contributed by atoms with E-state index in [9.17, 15) is 4.79 Å². The van der Waals surface area contributed by atoms with Crippen LogP contribution in [0.4, 0.5) is 4.39 Å². The van der Waals surface area contributed by atoms with Crippen molar-refractivity contribution in [1.29, 1.82) is 0 Å². The summed E-state index contributed by atoms with van der Waals surface area (Å²) in [5.74, 6) is -0.403. The molecule has 1 aliphatic rings. The lowest BCUT2D eigenvalue weighted by molar-refractivity contribution is 0.0118. The van der Waals surface area contributed by atoms with Crippen molar-refractivity contribution in [2.75, 3.05) is 7.11 Å². The van der Waals surface area contributed by atoms with E-state index < -0.39 is 11.5 Å². The number of carbonyl (C=O) groups excluding carboxylic acids is 1. The Kier molecular flexibility index (Phi) is 5.73. The van der Waals surface area contributed by atoms with Crippen LogP contribution in [-0.2, 0) is 15.6 Å². The molecule has 0 spiro atoms. The van der Waals surface area contributed by atoms with Crippen LogP contribution in [0.3, 0.4) is 0 Å². The number of aryl methyl sites for hydroxylation is 1. The van der Waals surface area contributed by atoms with E-state index >= 15 is 4.39 Å². The maximum Gasteiger partial charge on any atom is 0.199 e. The van der Waals surface area contributed by atoms with E-state index in [0.717, 1.165) is 27.4 Å². The first-order valence-corrected chi connectivity index (χ1v) is 10.3. The van der Waals surface area contributed by atoms with Crippen molar-refractivity contribution in [3.63, 3.8) is 0 Å². The SMILES string of the molecule is CCc1cc2cc(C(=O)C3(F)CCC(OC)CC3)ccc2nc1CI. The minimum Gasteiger partial charge on any atom is -0.381 e. The highest BCUT2D eigenvalue weighted by Crippen LogP contribution is 2.36. The predicted molar refractivity (Wildman–Crippen MR) is 106 cm³/mol. The molecule has 0 saturated heterocycles. The highest BCUT2D eigenvalue weighted by Gasteiger charge is 2.42. The number of aromatic nitrogens is 1. The van der Waals surface area contributed by atoms with Crippen LogP contribution in [-0.4, -0.2) is 29.6 Å². The van der Waals surface area contributed by atoms with Gasteiger partial charge >= 0.3 is 0 Å². The van der Waals surface area contributed by atoms with Crippen molar-refractivity contribution in [3.05, 3.63) is 41.1 Å². The van der Waals surface area contributed by atoms with Crippen molar-refractivity contribution < 1.29 is 13.9 Å². The number of ether oxygens (including phenoxy) is 1. The minimum atomic E-state index is -1.77. The van der Waals surface area contributed by atoms with Crippen LogP contribution in [0.5, 0.6) is 0 Å². The number of benzene rings is 1. The molecular formula is C20H23FINO2. The summed E-state index contributed by atoms with van der Waals surface area (Å²) in [6.45, 7) is 2.10. The number of ketones is 1. The molecule has 0 radical (unpaired) electrons. The first kappa shape index (κ1) is 18.7. The van der Waals surface area contributed by atoms with Gasteiger partial charge in [0.2, 0.25) is 0 Å². The Morgan fingerprint density at radius 2 is 2.08 bits per heavy atom. The lowest BCUT2D eigenvalue weighted by atomic mass is 9.79. The van der Waals surface area contributed by atoms with Crippen LogP contribution in [0.25, 0.3) is 10.9 Å². The van der Waals surface area contributed by atoms with Crippen LogP contribution < -0.4 is 0 Å². The van der Waals surface area contributed by atoms with Gasteiger partial charge in [0.05, 0.1) is 17.3 Å². The van der Waals surface area contributed by atoms with Crippen LogP contribution in [0.15, 0.2) is 24.3 Å². The van der Waals surface area contributed by atoms with Crippen molar-refractivity contribution in [2.24, 2.45) is 0 Å². The number of hydrogen-bond donors (Lipinski definition) is 0. The number of hydrogen-bond acceptors (Lipinski definition) is 3. The first-order chi connectivity index (χ1) is 12.0. The summed E-state index contributed by atoms with van der Waals surface area (Å²) in [6.07, 6.45) is 2.60. The Balaban J connectivity index is 1.92. The molecule has 1 aromatic carbocycles. The molecule has 3 rings (SSSR count). The van der Waals surface area contributed by atoms with Gasteiger partial charge in [0.1, 0.15) is 0 Å². The second kappa shape index (κ2) is 7.66. The average Bonchev–Trinajstić information content (AvgIpc) is 2.66. The fourth-order valence-electron chi connectivity index (χ4n) is 3.59. The summed E-state index contributed by atoms with van der Waals surface area (Å²) in [7, 11) is 1.64. The molecule has 0 atom stereocenters. The van der Waals surface area contributed by atoms with Crippen molar-refractivity contribution in [3.8, 4) is 0 Å². The minimum absolute atomic E-state index is 0.0660. The summed E-state index contributed by atoms with van der Waals surface area (Å²) in [5.41, 5.74) is 1.79. The van der Waals surface area contributed by atoms with Gasteiger partial charge in [-0.05, 0) is 61.9 Å². The third-order valence-corrected chi connectivity index (χ3v) is 5.94. The number of Topliss-reactive ketones (excluding diaryl/α,β-unsaturated/α-hetero) is 1. The zero-order chi connectivity index (χ0) is 18.0. The lowest BCUT2D eigenvalue weighted by Crippen LogP contribution is -2.39. The molecule has 1 aliphatic carbocycles. The summed E-state index contributed by atoms with van der Waals surface area (Å²) in [5, 5.41) is 0.908. The molecule has 134 valence electrons. The monoisotopic (exact) mass is 455 g/mol. The molecule has 0 amide bonds. The standard InChI is InChI=1S/C20H23FINO2/c1-3-13-10-15-11-14(4-5-17(15)23-18(13)12-22)19(24)20(21)8-6-16(25-2)7-9-20/h4-5,10-11,16H,3,6-9,12H2,1-2H3. The van der Waals surface area contributed by atoms with Crippen LogP contribution in [0.2, 0.25) is 0 Å². The van der Waals surface area contributed by atoms with Gasteiger partial charge in [-0.2, -0.15) is 0 Å². The number of fused-ring (bicyclic) bond motifs is 1. The van der Waals surface area contributed by atoms with Gasteiger partial charge in [0, 0.05) is 22.5 Å². The second-order valence-corrected chi connectivity index (χ2v) is 7.48.